The van der Waals surface area contributed by atoms with Crippen molar-refractivity contribution in [1.82, 2.24) is 9.88 Å². The van der Waals surface area contributed by atoms with Gasteiger partial charge in [0, 0.05) is 51.1 Å². The van der Waals surface area contributed by atoms with Gasteiger partial charge in [0.05, 0.1) is 23.4 Å². The van der Waals surface area contributed by atoms with Crippen LogP contribution in [0.15, 0.2) is 29.2 Å². The molecule has 2 aromatic rings. The zero-order valence-electron chi connectivity index (χ0n) is 18.8. The largest absolute Gasteiger partial charge is 0.493 e. The van der Waals surface area contributed by atoms with Crippen molar-refractivity contribution in [3.8, 4) is 17.0 Å². The van der Waals surface area contributed by atoms with Gasteiger partial charge in [-0.3, -0.25) is 14.4 Å². The molecule has 2 heterocycles. The molecule has 0 fully saturated rings. The van der Waals surface area contributed by atoms with Gasteiger partial charge in [-0.2, -0.15) is 0 Å². The third-order valence-corrected chi connectivity index (χ3v) is 5.72. The van der Waals surface area contributed by atoms with E-state index in [1.54, 1.807) is 26.4 Å². The zero-order chi connectivity index (χ0) is 22.7. The van der Waals surface area contributed by atoms with E-state index in [2.05, 4.69) is 19.2 Å². The first-order chi connectivity index (χ1) is 14.8. The van der Waals surface area contributed by atoms with Crippen LogP contribution in [-0.4, -0.2) is 43.6 Å². The van der Waals surface area contributed by atoms with E-state index in [-0.39, 0.29) is 34.6 Å². The summed E-state index contributed by atoms with van der Waals surface area (Å²) < 4.78 is 13.0. The van der Waals surface area contributed by atoms with Crippen molar-refractivity contribution >= 4 is 11.7 Å². The minimum absolute atomic E-state index is 0.0772. The van der Waals surface area contributed by atoms with Crippen molar-refractivity contribution in [2.75, 3.05) is 27.4 Å². The lowest BCUT2D eigenvalue weighted by Crippen LogP contribution is -2.28. The molecule has 0 saturated carbocycles. The normalized spacial score (nSPS) is 14.7. The third-order valence-electron chi connectivity index (χ3n) is 5.72. The van der Waals surface area contributed by atoms with Crippen LogP contribution in [0, 0.1) is 5.92 Å². The molecule has 0 aliphatic carbocycles. The van der Waals surface area contributed by atoms with Gasteiger partial charge >= 0.3 is 0 Å². The highest BCUT2D eigenvalue weighted by atomic mass is 16.5. The van der Waals surface area contributed by atoms with E-state index in [1.807, 2.05) is 10.6 Å². The summed E-state index contributed by atoms with van der Waals surface area (Å²) >= 11 is 0. The van der Waals surface area contributed by atoms with Gasteiger partial charge in [-0.25, -0.2) is 0 Å². The number of ketones is 1. The Balaban J connectivity index is 2.17. The number of benzene rings is 1. The van der Waals surface area contributed by atoms with E-state index in [0.29, 0.717) is 43.1 Å². The van der Waals surface area contributed by atoms with Crippen LogP contribution < -0.4 is 15.5 Å². The van der Waals surface area contributed by atoms with Gasteiger partial charge in [-0.1, -0.05) is 13.8 Å². The van der Waals surface area contributed by atoms with Crippen molar-refractivity contribution in [1.29, 1.82) is 0 Å². The molecule has 1 N–H and O–H groups in total. The second-order valence-corrected chi connectivity index (χ2v) is 8.20. The summed E-state index contributed by atoms with van der Waals surface area (Å²) in [6, 6.07) is 5.29. The Morgan fingerprint density at radius 2 is 1.94 bits per heavy atom. The van der Waals surface area contributed by atoms with E-state index in [0.717, 1.165) is 11.1 Å². The summed E-state index contributed by atoms with van der Waals surface area (Å²) in [4.78, 5) is 37.1. The predicted octanol–water partition coefficient (Wildman–Crippen LogP) is 3.25. The van der Waals surface area contributed by atoms with E-state index in [4.69, 9.17) is 9.47 Å². The van der Waals surface area contributed by atoms with E-state index in [1.165, 1.54) is 13.0 Å². The number of hydrogen-bond donors (Lipinski definition) is 1. The highest BCUT2D eigenvalue weighted by Crippen LogP contribution is 2.40. The molecule has 31 heavy (non-hydrogen) atoms. The molecule has 7 nitrogen and oxygen atoms in total. The summed E-state index contributed by atoms with van der Waals surface area (Å²) in [6.07, 6.45) is 3.09. The van der Waals surface area contributed by atoms with E-state index in [9.17, 15) is 14.4 Å². The van der Waals surface area contributed by atoms with Crippen LogP contribution in [0.4, 0.5) is 0 Å². The first kappa shape index (κ1) is 22.7. The Labute approximate surface area is 182 Å². The molecule has 0 radical (unpaired) electrons. The fraction of sp³-hybridized carbons (Fsp3) is 0.458. The third kappa shape index (κ3) is 4.56. The summed E-state index contributed by atoms with van der Waals surface area (Å²) in [6.45, 7) is 6.65. The smallest absolute Gasteiger partial charge is 0.254 e. The van der Waals surface area contributed by atoms with Gasteiger partial charge in [0.2, 0.25) is 0 Å². The van der Waals surface area contributed by atoms with Gasteiger partial charge in [-0.05, 0) is 37.0 Å². The van der Waals surface area contributed by atoms with Crippen molar-refractivity contribution in [3.63, 3.8) is 0 Å². The van der Waals surface area contributed by atoms with E-state index < -0.39 is 0 Å². The Hall–Kier alpha value is -2.93. The molecule has 1 aliphatic heterocycles. The van der Waals surface area contributed by atoms with Gasteiger partial charge < -0.3 is 19.4 Å². The lowest BCUT2D eigenvalue weighted by molar-refractivity contribution is 0.0957. The second-order valence-electron chi connectivity index (χ2n) is 8.20. The number of hydrogen-bond acceptors (Lipinski definition) is 5. The van der Waals surface area contributed by atoms with Gasteiger partial charge in [0.25, 0.3) is 5.91 Å². The molecule has 0 bridgehead atoms. The SMILES string of the molecule is CNC(=O)c1cc2c(cc1OCCCOC)CC(C(C)C)n1cc(C(C)=O)c(=O)cc1-2. The molecule has 1 aromatic carbocycles. The zero-order valence-corrected chi connectivity index (χ0v) is 18.8. The standard InChI is InChI=1S/C24H30N2O5/c1-14(2)20-9-16-10-23(31-8-6-7-30-5)18(24(29)25-4)11-17(16)21-12-22(28)19(15(3)27)13-26(20)21/h10-14,20H,6-9H2,1-5H3,(H,25,29). The number of aromatic nitrogens is 1. The maximum Gasteiger partial charge on any atom is 0.254 e. The first-order valence-corrected chi connectivity index (χ1v) is 10.6. The highest BCUT2D eigenvalue weighted by Gasteiger charge is 2.29. The topological polar surface area (TPSA) is 86.6 Å². The molecule has 1 unspecified atom stereocenters. The number of rotatable bonds is 8. The van der Waals surface area contributed by atoms with Crippen LogP contribution in [0.2, 0.25) is 0 Å². The molecule has 3 rings (SSSR count). The Morgan fingerprint density at radius 3 is 2.55 bits per heavy atom. The fourth-order valence-electron chi connectivity index (χ4n) is 4.03. The molecule has 0 spiro atoms. The maximum atomic E-state index is 12.6. The number of amides is 1. The lowest BCUT2D eigenvalue weighted by atomic mass is 9.86. The number of pyridine rings is 1. The van der Waals surface area contributed by atoms with Crippen LogP contribution in [0.3, 0.4) is 0 Å². The maximum absolute atomic E-state index is 12.6. The molecule has 1 atom stereocenters. The van der Waals surface area contributed by atoms with Crippen LogP contribution in [0.25, 0.3) is 11.3 Å². The number of ether oxygens (including phenoxy) is 2. The van der Waals surface area contributed by atoms with Crippen LogP contribution in [0.5, 0.6) is 5.75 Å². The van der Waals surface area contributed by atoms with Crippen molar-refractivity contribution in [3.05, 3.63) is 51.3 Å². The molecule has 0 saturated heterocycles. The molecule has 166 valence electrons. The molecule has 1 aliphatic rings. The number of carbonyl (C=O) groups is 2. The van der Waals surface area contributed by atoms with Gasteiger partial charge in [0.1, 0.15) is 5.75 Å². The number of nitrogens with one attached hydrogen (secondary N) is 1. The number of nitrogens with zero attached hydrogens (tertiary/aromatic N) is 1. The highest BCUT2D eigenvalue weighted by molar-refractivity contribution is 5.98. The number of fused-ring (bicyclic) bond motifs is 3. The second kappa shape index (κ2) is 9.47. The Morgan fingerprint density at radius 1 is 1.19 bits per heavy atom. The summed E-state index contributed by atoms with van der Waals surface area (Å²) in [7, 11) is 3.21. The van der Waals surface area contributed by atoms with Crippen LogP contribution in [-0.2, 0) is 11.2 Å². The Kier molecular flexibility index (Phi) is 6.95. The Bertz CT molecular complexity index is 1050. The summed E-state index contributed by atoms with van der Waals surface area (Å²) in [5.41, 5.74) is 2.83. The summed E-state index contributed by atoms with van der Waals surface area (Å²) in [5, 5.41) is 2.66. The average Bonchev–Trinajstić information content (AvgIpc) is 2.74. The minimum Gasteiger partial charge on any atom is -0.493 e. The number of carbonyl (C=O) groups excluding carboxylic acids is 2. The van der Waals surface area contributed by atoms with Crippen molar-refractivity contribution in [2.45, 2.75) is 39.7 Å². The van der Waals surface area contributed by atoms with Crippen molar-refractivity contribution in [2.24, 2.45) is 5.92 Å². The summed E-state index contributed by atoms with van der Waals surface area (Å²) in [5.74, 6) is 0.288. The van der Waals surface area contributed by atoms with E-state index >= 15 is 0 Å². The number of methoxy groups -OCH3 is 1. The fourth-order valence-corrected chi connectivity index (χ4v) is 4.03. The average molecular weight is 427 g/mol. The van der Waals surface area contributed by atoms with Crippen molar-refractivity contribution < 1.29 is 19.1 Å². The van der Waals surface area contributed by atoms with Crippen LogP contribution in [0.1, 0.15) is 59.5 Å². The van der Waals surface area contributed by atoms with Gasteiger partial charge in [0.15, 0.2) is 11.2 Å². The number of Topliss-reactive ketones (excluding diaryl/α,β-unsaturated/α-hetero) is 1. The molecular formula is C24H30N2O5. The van der Waals surface area contributed by atoms with Gasteiger partial charge in [-0.15, -0.1) is 0 Å². The monoisotopic (exact) mass is 426 g/mol. The first-order valence-electron chi connectivity index (χ1n) is 10.6. The van der Waals surface area contributed by atoms with Crippen LogP contribution >= 0.6 is 0 Å². The predicted molar refractivity (Wildman–Crippen MR) is 119 cm³/mol. The minimum atomic E-state index is -0.310. The molecular weight excluding hydrogens is 396 g/mol. The quantitative estimate of drug-likeness (QED) is 0.517. The molecule has 7 heteroatoms. The molecule has 1 amide bonds. The lowest BCUT2D eigenvalue weighted by Gasteiger charge is -2.34. The molecule has 1 aromatic heterocycles.